The van der Waals surface area contributed by atoms with Gasteiger partial charge in [0, 0.05) is 0 Å². The van der Waals surface area contributed by atoms with Gasteiger partial charge in [-0.05, 0) is 6.92 Å². The summed E-state index contributed by atoms with van der Waals surface area (Å²) in [5.74, 6) is 0.536. The molecule has 0 unspecified atom stereocenters. The van der Waals surface area contributed by atoms with Crippen molar-refractivity contribution in [3.63, 3.8) is 0 Å². The van der Waals surface area contributed by atoms with Crippen molar-refractivity contribution in [1.29, 1.82) is 0 Å². The summed E-state index contributed by atoms with van der Waals surface area (Å²) < 4.78 is 18.9. The number of nitrogens with one attached hydrogen (secondary N) is 1. The minimum absolute atomic E-state index is 0.267. The number of hydrogen-bond donors (Lipinski definition) is 3. The Morgan fingerprint density at radius 3 is 3.12 bits per heavy atom. The van der Waals surface area contributed by atoms with Gasteiger partial charge in [-0.1, -0.05) is 0 Å². The van der Waals surface area contributed by atoms with Gasteiger partial charge in [0.25, 0.3) is 0 Å². The normalized spacial score (nSPS) is 44.9. The van der Waals surface area contributed by atoms with Crippen LogP contribution in [0.3, 0.4) is 0 Å². The number of aromatic nitrogens is 2. The molecule has 2 aliphatic rings. The molecule has 3 N–H and O–H groups in total. The lowest BCUT2D eigenvalue weighted by molar-refractivity contribution is -0.208. The summed E-state index contributed by atoms with van der Waals surface area (Å²) in [5, 5.41) is 23.0. The lowest BCUT2D eigenvalue weighted by atomic mass is 9.89. The van der Waals surface area contributed by atoms with Crippen molar-refractivity contribution in [1.82, 2.24) is 8.75 Å². The lowest BCUT2D eigenvalue weighted by Gasteiger charge is -2.41. The van der Waals surface area contributed by atoms with Crippen molar-refractivity contribution in [3.8, 4) is 0 Å². The summed E-state index contributed by atoms with van der Waals surface area (Å²) in [6.07, 6.45) is -1.000. The second kappa shape index (κ2) is 3.85. The molecule has 3 heterocycles. The van der Waals surface area contributed by atoms with Crippen LogP contribution in [0.4, 0.5) is 5.82 Å². The molecular formula is C9H13N3O4S. The van der Waals surface area contributed by atoms with Crippen molar-refractivity contribution in [2.45, 2.75) is 37.1 Å². The predicted octanol–water partition coefficient (Wildman–Crippen LogP) is -0.814. The van der Waals surface area contributed by atoms with Gasteiger partial charge in [0.2, 0.25) is 0 Å². The van der Waals surface area contributed by atoms with Gasteiger partial charge in [-0.15, -0.1) is 0 Å². The average molecular weight is 259 g/mol. The fourth-order valence-electron chi connectivity index (χ4n) is 2.18. The van der Waals surface area contributed by atoms with Crippen molar-refractivity contribution >= 4 is 17.5 Å². The van der Waals surface area contributed by atoms with Crippen molar-refractivity contribution < 1.29 is 19.7 Å². The SMILES string of the molecule is C[C@@]12CO[C@@H](O1)[C@H](Nc1cnsn1)[C@@H](O)[C@H]2O. The molecule has 5 atom stereocenters. The van der Waals surface area contributed by atoms with E-state index in [4.69, 9.17) is 9.47 Å². The molecule has 1 aromatic rings. The quantitative estimate of drug-likeness (QED) is 0.639. The highest BCUT2D eigenvalue weighted by molar-refractivity contribution is 6.99. The van der Waals surface area contributed by atoms with Crippen molar-refractivity contribution in [2.75, 3.05) is 11.9 Å². The average Bonchev–Trinajstić information content (AvgIpc) is 2.91. The Labute approximate surface area is 102 Å². The molecule has 0 aliphatic carbocycles. The standard InChI is InChI=1S/C9H13N3O4S/c1-9-3-15-8(16-9)5(6(13)7(9)14)11-4-2-10-17-12-4/h2,5-8,13-14H,3H2,1H3,(H,11,12)/t5-,6-,7-,8+,9+/m1/s1. The summed E-state index contributed by atoms with van der Waals surface area (Å²) in [6.45, 7) is 1.99. The van der Waals surface area contributed by atoms with E-state index in [1.807, 2.05) is 0 Å². The van der Waals surface area contributed by atoms with E-state index in [2.05, 4.69) is 14.1 Å². The Bertz CT molecular complexity index is 403. The smallest absolute Gasteiger partial charge is 0.181 e. The molecule has 8 heteroatoms. The van der Waals surface area contributed by atoms with Crippen LogP contribution in [0.1, 0.15) is 6.92 Å². The summed E-state index contributed by atoms with van der Waals surface area (Å²) in [5.41, 5.74) is -0.831. The first kappa shape index (κ1) is 11.3. The van der Waals surface area contributed by atoms with E-state index in [1.165, 1.54) is 0 Å². The number of aliphatic hydroxyl groups is 2. The van der Waals surface area contributed by atoms with Crippen molar-refractivity contribution in [3.05, 3.63) is 6.20 Å². The fourth-order valence-corrected chi connectivity index (χ4v) is 2.57. The molecular weight excluding hydrogens is 246 g/mol. The first-order chi connectivity index (χ1) is 8.10. The predicted molar refractivity (Wildman–Crippen MR) is 58.6 cm³/mol. The maximum Gasteiger partial charge on any atom is 0.181 e. The molecule has 17 heavy (non-hydrogen) atoms. The summed E-state index contributed by atoms with van der Waals surface area (Å²) in [7, 11) is 0. The summed E-state index contributed by atoms with van der Waals surface area (Å²) in [4.78, 5) is 0. The molecule has 2 saturated heterocycles. The van der Waals surface area contributed by atoms with E-state index in [0.717, 1.165) is 11.7 Å². The van der Waals surface area contributed by atoms with Crippen LogP contribution in [-0.4, -0.2) is 55.7 Å². The lowest BCUT2D eigenvalue weighted by Crippen LogP contribution is -2.61. The Balaban J connectivity index is 1.81. The molecule has 0 amide bonds. The molecule has 1 aromatic heterocycles. The molecule has 0 radical (unpaired) electrons. The zero-order valence-electron chi connectivity index (χ0n) is 9.11. The first-order valence-corrected chi connectivity index (χ1v) is 6.03. The Hall–Kier alpha value is -0.800. The van der Waals surface area contributed by atoms with Gasteiger partial charge in [0.05, 0.1) is 24.5 Å². The second-order valence-corrected chi connectivity index (χ2v) is 5.06. The van der Waals surface area contributed by atoms with Gasteiger partial charge < -0.3 is 25.0 Å². The maximum absolute atomic E-state index is 10.1. The molecule has 2 bridgehead atoms. The van der Waals surface area contributed by atoms with Gasteiger partial charge in [-0.3, -0.25) is 0 Å². The van der Waals surface area contributed by atoms with Crippen LogP contribution in [0.2, 0.25) is 0 Å². The van der Waals surface area contributed by atoms with E-state index in [-0.39, 0.29) is 6.61 Å². The number of rotatable bonds is 2. The van der Waals surface area contributed by atoms with Gasteiger partial charge in [-0.25, -0.2) is 0 Å². The zero-order chi connectivity index (χ0) is 12.0. The number of aliphatic hydroxyl groups excluding tert-OH is 2. The highest BCUT2D eigenvalue weighted by atomic mass is 32.1. The molecule has 2 aliphatic heterocycles. The fraction of sp³-hybridized carbons (Fsp3) is 0.778. The summed E-state index contributed by atoms with van der Waals surface area (Å²) in [6, 6.07) is -0.551. The van der Waals surface area contributed by atoms with Crippen LogP contribution in [-0.2, 0) is 9.47 Å². The maximum atomic E-state index is 10.1. The van der Waals surface area contributed by atoms with Gasteiger partial charge in [0.15, 0.2) is 12.1 Å². The Morgan fingerprint density at radius 2 is 2.41 bits per heavy atom. The molecule has 0 spiro atoms. The third kappa shape index (κ3) is 1.72. The van der Waals surface area contributed by atoms with Gasteiger partial charge in [0.1, 0.15) is 23.9 Å². The van der Waals surface area contributed by atoms with Crippen molar-refractivity contribution in [2.24, 2.45) is 0 Å². The van der Waals surface area contributed by atoms with Crippen LogP contribution in [0.5, 0.6) is 0 Å². The number of ether oxygens (including phenoxy) is 2. The number of fused-ring (bicyclic) bond motifs is 2. The summed E-state index contributed by atoms with van der Waals surface area (Å²) >= 11 is 1.06. The zero-order valence-corrected chi connectivity index (χ0v) is 9.92. The van der Waals surface area contributed by atoms with Crippen LogP contribution in [0.15, 0.2) is 6.20 Å². The Kier molecular flexibility index (Phi) is 2.56. The van der Waals surface area contributed by atoms with E-state index in [9.17, 15) is 10.2 Å². The Morgan fingerprint density at radius 1 is 1.59 bits per heavy atom. The number of anilines is 1. The van der Waals surface area contributed by atoms with E-state index in [1.54, 1.807) is 13.1 Å². The third-order valence-electron chi connectivity index (χ3n) is 3.21. The second-order valence-electron chi connectivity index (χ2n) is 4.51. The molecule has 2 fully saturated rings. The third-order valence-corrected chi connectivity index (χ3v) is 3.68. The number of hydrogen-bond acceptors (Lipinski definition) is 8. The molecule has 0 saturated carbocycles. The van der Waals surface area contributed by atoms with E-state index >= 15 is 0 Å². The molecule has 0 aromatic carbocycles. The highest BCUT2D eigenvalue weighted by Crippen LogP contribution is 2.37. The minimum atomic E-state index is -0.995. The minimum Gasteiger partial charge on any atom is -0.388 e. The van der Waals surface area contributed by atoms with Gasteiger partial charge in [-0.2, -0.15) is 8.75 Å². The van der Waals surface area contributed by atoms with Crippen LogP contribution in [0.25, 0.3) is 0 Å². The molecule has 94 valence electrons. The van der Waals surface area contributed by atoms with E-state index < -0.39 is 30.1 Å². The van der Waals surface area contributed by atoms with Crippen LogP contribution in [0, 0.1) is 0 Å². The van der Waals surface area contributed by atoms with Crippen LogP contribution < -0.4 is 5.32 Å². The van der Waals surface area contributed by atoms with E-state index in [0.29, 0.717) is 5.82 Å². The highest BCUT2D eigenvalue weighted by Gasteiger charge is 2.56. The van der Waals surface area contributed by atoms with Crippen LogP contribution >= 0.6 is 11.7 Å². The largest absolute Gasteiger partial charge is 0.388 e. The monoisotopic (exact) mass is 259 g/mol. The molecule has 3 rings (SSSR count). The first-order valence-electron chi connectivity index (χ1n) is 5.30. The molecule has 7 nitrogen and oxygen atoms in total. The number of nitrogens with zero attached hydrogens (tertiary/aromatic N) is 2. The topological polar surface area (TPSA) is 96.7 Å². The van der Waals surface area contributed by atoms with Gasteiger partial charge >= 0.3 is 0 Å².